The Bertz CT molecular complexity index is 423. The summed E-state index contributed by atoms with van der Waals surface area (Å²) in [6, 6.07) is -0.596. The molecule has 0 aromatic heterocycles. The highest BCUT2D eigenvalue weighted by atomic mass is 32.2. The molecule has 21 heavy (non-hydrogen) atoms. The molecule has 0 spiro atoms. The van der Waals surface area contributed by atoms with E-state index in [4.69, 9.17) is 0 Å². The second-order valence-electron chi connectivity index (χ2n) is 6.88. The van der Waals surface area contributed by atoms with Crippen LogP contribution in [0.4, 0.5) is 4.79 Å². The van der Waals surface area contributed by atoms with Crippen LogP contribution in [0.2, 0.25) is 0 Å². The molecule has 6 heteroatoms. The number of carboxylic acid groups (broad SMARTS) is 1. The van der Waals surface area contributed by atoms with E-state index < -0.39 is 12.0 Å². The number of rotatable bonds is 5. The first-order chi connectivity index (χ1) is 9.99. The van der Waals surface area contributed by atoms with Crippen molar-refractivity contribution < 1.29 is 14.7 Å². The fourth-order valence-corrected chi connectivity index (χ4v) is 4.71. The number of carbonyl (C=O) groups excluding carboxylic acids is 1. The highest BCUT2D eigenvalue weighted by Crippen LogP contribution is 2.45. The molecule has 1 saturated heterocycles. The van der Waals surface area contributed by atoms with E-state index in [-0.39, 0.29) is 23.4 Å². The highest BCUT2D eigenvalue weighted by Gasteiger charge is 2.47. The number of hydrogen-bond acceptors (Lipinski definition) is 3. The molecular formula is C15H24N2O3S. The summed E-state index contributed by atoms with van der Waals surface area (Å²) in [6.07, 6.45) is 4.80. The molecule has 0 radical (unpaired) electrons. The Morgan fingerprint density at radius 3 is 2.19 bits per heavy atom. The van der Waals surface area contributed by atoms with E-state index in [0.29, 0.717) is 17.6 Å². The van der Waals surface area contributed by atoms with Crippen molar-refractivity contribution in [2.45, 2.75) is 57.0 Å². The predicted octanol–water partition coefficient (Wildman–Crippen LogP) is 2.37. The molecule has 1 aliphatic heterocycles. The topological polar surface area (TPSA) is 69.6 Å². The average Bonchev–Trinajstić information content (AvgIpc) is 3.32. The number of hydrogen-bond donors (Lipinski definition) is 2. The quantitative estimate of drug-likeness (QED) is 0.817. The van der Waals surface area contributed by atoms with Crippen LogP contribution in [0.15, 0.2) is 0 Å². The number of carbonyl (C=O) groups is 2. The number of aliphatic carboxylic acids is 1. The van der Waals surface area contributed by atoms with E-state index in [1.807, 2.05) is 13.8 Å². The Labute approximate surface area is 129 Å². The van der Waals surface area contributed by atoms with Gasteiger partial charge < -0.3 is 10.4 Å². The van der Waals surface area contributed by atoms with Crippen molar-refractivity contribution in [3.8, 4) is 0 Å². The fraction of sp³-hybridized carbons (Fsp3) is 0.867. The summed E-state index contributed by atoms with van der Waals surface area (Å²) >= 11 is 1.58. The minimum Gasteiger partial charge on any atom is -0.480 e. The maximum atomic E-state index is 12.7. The van der Waals surface area contributed by atoms with Gasteiger partial charge in [0.2, 0.25) is 0 Å². The first kappa shape index (κ1) is 15.0. The Morgan fingerprint density at radius 2 is 1.76 bits per heavy atom. The molecule has 2 atom stereocenters. The van der Waals surface area contributed by atoms with Crippen LogP contribution in [0, 0.1) is 17.8 Å². The molecule has 3 fully saturated rings. The van der Waals surface area contributed by atoms with E-state index in [1.54, 1.807) is 16.7 Å². The molecule has 118 valence electrons. The lowest BCUT2D eigenvalue weighted by Crippen LogP contribution is -2.54. The largest absolute Gasteiger partial charge is 0.480 e. The summed E-state index contributed by atoms with van der Waals surface area (Å²) in [5, 5.41) is 12.5. The van der Waals surface area contributed by atoms with E-state index >= 15 is 0 Å². The van der Waals surface area contributed by atoms with Gasteiger partial charge in [-0.05, 0) is 43.4 Å². The highest BCUT2D eigenvalue weighted by molar-refractivity contribution is 8.00. The van der Waals surface area contributed by atoms with Gasteiger partial charge in [0.15, 0.2) is 0 Å². The maximum absolute atomic E-state index is 12.7. The molecule has 3 aliphatic rings. The van der Waals surface area contributed by atoms with Gasteiger partial charge in [-0.15, -0.1) is 11.8 Å². The third-order valence-electron chi connectivity index (χ3n) is 4.67. The zero-order valence-electron chi connectivity index (χ0n) is 12.6. The van der Waals surface area contributed by atoms with Gasteiger partial charge in [0.25, 0.3) is 0 Å². The third-order valence-corrected chi connectivity index (χ3v) is 6.30. The molecule has 0 aromatic carbocycles. The number of urea groups is 1. The summed E-state index contributed by atoms with van der Waals surface area (Å²) < 4.78 is 0. The maximum Gasteiger partial charge on any atom is 0.327 e. The number of thioether (sulfide) groups is 1. The number of nitrogens with zero attached hydrogens (tertiary/aromatic N) is 1. The molecule has 2 N–H and O–H groups in total. The summed E-state index contributed by atoms with van der Waals surface area (Å²) in [5.74, 6) is 1.10. The number of carboxylic acids is 1. The van der Waals surface area contributed by atoms with Gasteiger partial charge in [0.1, 0.15) is 6.04 Å². The van der Waals surface area contributed by atoms with Crippen molar-refractivity contribution in [3.05, 3.63) is 0 Å². The number of amides is 2. The number of nitrogens with one attached hydrogen (secondary N) is 1. The Balaban J connectivity index is 1.71. The Hall–Kier alpha value is -0.910. The minimum atomic E-state index is -0.893. The van der Waals surface area contributed by atoms with Crippen molar-refractivity contribution in [1.29, 1.82) is 0 Å². The van der Waals surface area contributed by atoms with Gasteiger partial charge in [-0.1, -0.05) is 13.8 Å². The van der Waals surface area contributed by atoms with Crippen molar-refractivity contribution >= 4 is 23.8 Å². The van der Waals surface area contributed by atoms with Crippen LogP contribution >= 0.6 is 11.8 Å². The standard InChI is InChI=1S/C15H24N2O3S/c1-8(2)13-17(11(7-21-13)14(18)19)15(20)16-12(9-3-4-9)10-5-6-10/h8-13H,3-7H2,1-2H3,(H,16,20)(H,18,19). The average molecular weight is 312 g/mol. The normalized spacial score (nSPS) is 29.2. The zero-order valence-corrected chi connectivity index (χ0v) is 13.4. The van der Waals surface area contributed by atoms with Crippen LogP contribution < -0.4 is 5.32 Å². The monoisotopic (exact) mass is 312 g/mol. The molecular weight excluding hydrogens is 288 g/mol. The molecule has 0 aromatic rings. The van der Waals surface area contributed by atoms with Gasteiger partial charge in [-0.25, -0.2) is 9.59 Å². The van der Waals surface area contributed by atoms with Gasteiger partial charge in [0.05, 0.1) is 5.37 Å². The van der Waals surface area contributed by atoms with E-state index in [0.717, 1.165) is 0 Å². The van der Waals surface area contributed by atoms with Crippen molar-refractivity contribution in [2.24, 2.45) is 17.8 Å². The smallest absolute Gasteiger partial charge is 0.327 e. The Morgan fingerprint density at radius 1 is 1.19 bits per heavy atom. The van der Waals surface area contributed by atoms with Gasteiger partial charge in [-0.2, -0.15) is 0 Å². The molecule has 2 aliphatic carbocycles. The lowest BCUT2D eigenvalue weighted by atomic mass is 10.1. The predicted molar refractivity (Wildman–Crippen MR) is 82.1 cm³/mol. The summed E-state index contributed by atoms with van der Waals surface area (Å²) in [6.45, 7) is 4.09. The Kier molecular flexibility index (Phi) is 4.08. The van der Waals surface area contributed by atoms with E-state index in [1.165, 1.54) is 25.7 Å². The molecule has 2 saturated carbocycles. The van der Waals surface area contributed by atoms with Gasteiger partial charge in [0, 0.05) is 11.8 Å². The molecule has 3 rings (SSSR count). The summed E-state index contributed by atoms with van der Waals surface area (Å²) in [4.78, 5) is 25.7. The van der Waals surface area contributed by atoms with Crippen molar-refractivity contribution in [1.82, 2.24) is 10.2 Å². The first-order valence-corrected chi connectivity index (χ1v) is 8.97. The zero-order chi connectivity index (χ0) is 15.1. The van der Waals surface area contributed by atoms with Crippen LogP contribution in [0.25, 0.3) is 0 Å². The summed E-state index contributed by atoms with van der Waals surface area (Å²) in [5.41, 5.74) is 0. The molecule has 2 unspecified atom stereocenters. The van der Waals surface area contributed by atoms with E-state index in [9.17, 15) is 14.7 Å². The van der Waals surface area contributed by atoms with Crippen LogP contribution in [0.3, 0.4) is 0 Å². The summed E-state index contributed by atoms with van der Waals surface area (Å²) in [7, 11) is 0. The van der Waals surface area contributed by atoms with Gasteiger partial charge >= 0.3 is 12.0 Å². The van der Waals surface area contributed by atoms with Crippen LogP contribution in [0.1, 0.15) is 39.5 Å². The first-order valence-electron chi connectivity index (χ1n) is 7.92. The SMILES string of the molecule is CC(C)C1SCC(C(=O)O)N1C(=O)NC(C1CC1)C1CC1. The minimum absolute atomic E-state index is 0.0369. The lowest BCUT2D eigenvalue weighted by molar-refractivity contribution is -0.141. The van der Waals surface area contributed by atoms with Crippen molar-refractivity contribution in [2.75, 3.05) is 5.75 Å². The second kappa shape index (κ2) is 5.71. The van der Waals surface area contributed by atoms with Gasteiger partial charge in [-0.3, -0.25) is 4.90 Å². The van der Waals surface area contributed by atoms with Crippen LogP contribution in [-0.2, 0) is 4.79 Å². The molecule has 2 amide bonds. The van der Waals surface area contributed by atoms with Crippen LogP contribution in [0.5, 0.6) is 0 Å². The lowest BCUT2D eigenvalue weighted by Gasteiger charge is -2.31. The molecule has 5 nitrogen and oxygen atoms in total. The van der Waals surface area contributed by atoms with Crippen molar-refractivity contribution in [3.63, 3.8) is 0 Å². The third kappa shape index (κ3) is 3.15. The molecule has 0 bridgehead atoms. The fourth-order valence-electron chi connectivity index (χ4n) is 3.24. The van der Waals surface area contributed by atoms with E-state index in [2.05, 4.69) is 5.32 Å². The molecule has 1 heterocycles. The van der Waals surface area contributed by atoms with Crippen LogP contribution in [-0.4, -0.2) is 45.2 Å². The second-order valence-corrected chi connectivity index (χ2v) is 8.03.